The summed E-state index contributed by atoms with van der Waals surface area (Å²) in [6.07, 6.45) is 2.41. The molecule has 0 spiro atoms. The molecule has 2 aromatic carbocycles. The van der Waals surface area contributed by atoms with Gasteiger partial charge in [0.25, 0.3) is 10.0 Å². The van der Waals surface area contributed by atoms with Crippen molar-refractivity contribution in [2.75, 3.05) is 11.3 Å². The third kappa shape index (κ3) is 7.95. The van der Waals surface area contributed by atoms with Crippen LogP contribution in [-0.2, 0) is 26.0 Å². The lowest BCUT2D eigenvalue weighted by Gasteiger charge is -2.19. The van der Waals surface area contributed by atoms with Crippen LogP contribution in [0.3, 0.4) is 0 Å². The molecule has 1 heterocycles. The topological polar surface area (TPSA) is 189 Å². The molecule has 0 radical (unpaired) electrons. The van der Waals surface area contributed by atoms with Crippen LogP contribution in [0.1, 0.15) is 54.9 Å². The maximum absolute atomic E-state index is 13.1. The number of hydrogen-bond acceptors (Lipinski definition) is 8. The molecule has 0 saturated heterocycles. The number of carboxylic acids is 1. The van der Waals surface area contributed by atoms with Gasteiger partial charge in [-0.05, 0) is 61.4 Å². The van der Waals surface area contributed by atoms with E-state index in [1.807, 2.05) is 0 Å². The average Bonchev–Trinajstić information content (AvgIpc) is 3.77. The number of aromatic hydroxyl groups is 1. The lowest BCUT2D eigenvalue weighted by Crippen LogP contribution is -2.33. The molecule has 4 rings (SSSR count). The summed E-state index contributed by atoms with van der Waals surface area (Å²) in [5.41, 5.74) is 5.88. The molecule has 1 aliphatic rings. The van der Waals surface area contributed by atoms with Gasteiger partial charge in [-0.15, -0.1) is 0 Å². The van der Waals surface area contributed by atoms with Crippen LogP contribution in [-0.4, -0.2) is 43.1 Å². The molecule has 1 saturated carbocycles. The second kappa shape index (κ2) is 13.0. The van der Waals surface area contributed by atoms with E-state index >= 15 is 0 Å². The van der Waals surface area contributed by atoms with Crippen LogP contribution >= 0.6 is 0 Å². The molecule has 12 heteroatoms. The van der Waals surface area contributed by atoms with Crippen molar-refractivity contribution in [1.82, 2.24) is 5.32 Å². The molecule has 1 unspecified atom stereocenters. The van der Waals surface area contributed by atoms with Crippen molar-refractivity contribution in [1.29, 1.82) is 0 Å². The number of nitrogens with one attached hydrogen (secondary N) is 2. The molecule has 1 aromatic heterocycles. The molecule has 0 aliphatic heterocycles. The zero-order valence-corrected chi connectivity index (χ0v) is 23.1. The van der Waals surface area contributed by atoms with Crippen molar-refractivity contribution in [2.24, 2.45) is 11.7 Å². The molecule has 218 valence electrons. The zero-order valence-electron chi connectivity index (χ0n) is 22.3. The summed E-state index contributed by atoms with van der Waals surface area (Å²) in [6, 6.07) is 15.1. The Morgan fingerprint density at radius 3 is 2.46 bits per heavy atom. The number of hydrogen-bond donors (Lipinski definition) is 5. The average molecular weight is 584 g/mol. The van der Waals surface area contributed by atoms with Crippen LogP contribution in [0.15, 0.2) is 74.8 Å². The molecule has 6 N–H and O–H groups in total. The van der Waals surface area contributed by atoms with Crippen LogP contribution in [0.4, 0.5) is 5.69 Å². The summed E-state index contributed by atoms with van der Waals surface area (Å²) in [7, 11) is -3.81. The number of aryl methyl sites for hydroxylation is 1. The van der Waals surface area contributed by atoms with E-state index in [0.717, 1.165) is 12.8 Å². The van der Waals surface area contributed by atoms with Gasteiger partial charge < -0.3 is 25.7 Å². The quantitative estimate of drug-likeness (QED) is 0.178. The molecule has 11 nitrogen and oxygen atoms in total. The molecule has 1 aliphatic carbocycles. The van der Waals surface area contributed by atoms with E-state index in [9.17, 15) is 27.9 Å². The van der Waals surface area contributed by atoms with Crippen LogP contribution in [0.2, 0.25) is 0 Å². The Labute approximate surface area is 237 Å². The first-order valence-electron chi connectivity index (χ1n) is 13.3. The number of sulfonamides is 1. The third-order valence-electron chi connectivity index (χ3n) is 6.89. The maximum Gasteiger partial charge on any atom is 0.343 e. The first-order chi connectivity index (χ1) is 19.5. The zero-order chi connectivity index (χ0) is 29.6. The Hall–Kier alpha value is -4.16. The highest BCUT2D eigenvalue weighted by molar-refractivity contribution is 7.92. The second-order valence-electron chi connectivity index (χ2n) is 10.1. The second-order valence-corrected chi connectivity index (χ2v) is 11.8. The minimum Gasteiger partial charge on any atom is -0.507 e. The molecular formula is C29H33N3O8S. The van der Waals surface area contributed by atoms with E-state index in [2.05, 4.69) is 10.0 Å². The molecule has 1 fully saturated rings. The minimum absolute atomic E-state index is 0.0184. The van der Waals surface area contributed by atoms with Gasteiger partial charge in [-0.2, -0.15) is 0 Å². The highest BCUT2D eigenvalue weighted by Gasteiger charge is 2.37. The number of amides is 1. The summed E-state index contributed by atoms with van der Waals surface area (Å²) < 4.78 is 33.7. The molecule has 0 bridgehead atoms. The summed E-state index contributed by atoms with van der Waals surface area (Å²) in [4.78, 5) is 35.8. The highest BCUT2D eigenvalue weighted by atomic mass is 32.2. The number of rotatable bonds is 14. The van der Waals surface area contributed by atoms with Crippen molar-refractivity contribution >= 4 is 27.6 Å². The van der Waals surface area contributed by atoms with Crippen molar-refractivity contribution in [3.05, 3.63) is 88.0 Å². The monoisotopic (exact) mass is 583 g/mol. The van der Waals surface area contributed by atoms with Gasteiger partial charge in [0.1, 0.15) is 17.6 Å². The SMILES string of the molecule is N[C@@H](CCC(=O)NCCCc1cc(O)c(C(c2cccc(NS(=O)(=O)c3ccccc3)c2)C2CC2)c(=O)o1)C(=O)O. The molecule has 3 aromatic rings. The summed E-state index contributed by atoms with van der Waals surface area (Å²) in [5, 5.41) is 22.3. The Morgan fingerprint density at radius 1 is 1.07 bits per heavy atom. The van der Waals surface area contributed by atoms with E-state index in [4.69, 9.17) is 15.3 Å². The van der Waals surface area contributed by atoms with E-state index in [1.54, 1.807) is 42.5 Å². The van der Waals surface area contributed by atoms with Crippen molar-refractivity contribution in [3.63, 3.8) is 0 Å². The fraction of sp³-hybridized carbons (Fsp3) is 0.345. The van der Waals surface area contributed by atoms with Crippen molar-refractivity contribution in [2.45, 2.75) is 55.4 Å². The molecular weight excluding hydrogens is 550 g/mol. The number of carboxylic acid groups (broad SMARTS) is 1. The van der Waals surface area contributed by atoms with Crippen LogP contribution in [0, 0.1) is 5.92 Å². The van der Waals surface area contributed by atoms with Gasteiger partial charge in [0, 0.05) is 37.1 Å². The van der Waals surface area contributed by atoms with Gasteiger partial charge in [-0.1, -0.05) is 30.3 Å². The van der Waals surface area contributed by atoms with E-state index in [0.29, 0.717) is 17.7 Å². The molecule has 2 atom stereocenters. The molecule has 41 heavy (non-hydrogen) atoms. The van der Waals surface area contributed by atoms with Gasteiger partial charge in [0.2, 0.25) is 5.91 Å². The summed E-state index contributed by atoms with van der Waals surface area (Å²) in [6.45, 7) is 0.268. The van der Waals surface area contributed by atoms with E-state index in [1.165, 1.54) is 18.2 Å². The fourth-order valence-corrected chi connectivity index (χ4v) is 5.72. The van der Waals surface area contributed by atoms with Gasteiger partial charge in [0.15, 0.2) is 0 Å². The number of carbonyl (C=O) groups is 2. The van der Waals surface area contributed by atoms with Crippen LogP contribution < -0.4 is 21.4 Å². The van der Waals surface area contributed by atoms with Gasteiger partial charge >= 0.3 is 11.6 Å². The first-order valence-corrected chi connectivity index (χ1v) is 14.8. The first kappa shape index (κ1) is 29.8. The summed E-state index contributed by atoms with van der Waals surface area (Å²) in [5.74, 6) is -1.81. The maximum atomic E-state index is 13.1. The Kier molecular flexibility index (Phi) is 9.46. The summed E-state index contributed by atoms with van der Waals surface area (Å²) >= 11 is 0. The van der Waals surface area contributed by atoms with E-state index < -0.39 is 33.6 Å². The fourth-order valence-electron chi connectivity index (χ4n) is 4.65. The number of carbonyl (C=O) groups excluding carboxylic acids is 1. The van der Waals surface area contributed by atoms with Crippen LogP contribution in [0.25, 0.3) is 0 Å². The Balaban J connectivity index is 1.43. The predicted octanol–water partition coefficient (Wildman–Crippen LogP) is 2.93. The Morgan fingerprint density at radius 2 is 1.80 bits per heavy atom. The van der Waals surface area contributed by atoms with Crippen molar-refractivity contribution in [3.8, 4) is 5.75 Å². The van der Waals surface area contributed by atoms with Gasteiger partial charge in [-0.25, -0.2) is 13.2 Å². The lowest BCUT2D eigenvalue weighted by molar-refractivity contribution is -0.138. The predicted molar refractivity (Wildman–Crippen MR) is 151 cm³/mol. The lowest BCUT2D eigenvalue weighted by atomic mass is 9.87. The minimum atomic E-state index is -3.81. The molecule has 1 amide bonds. The van der Waals surface area contributed by atoms with Crippen LogP contribution in [0.5, 0.6) is 5.75 Å². The number of anilines is 1. The number of nitrogens with two attached hydrogens (primary N) is 1. The number of benzene rings is 2. The normalized spacial score (nSPS) is 14.7. The van der Waals surface area contributed by atoms with Crippen molar-refractivity contribution < 1.29 is 32.6 Å². The largest absolute Gasteiger partial charge is 0.507 e. The van der Waals surface area contributed by atoms with Gasteiger partial charge in [0.05, 0.1) is 10.5 Å². The van der Waals surface area contributed by atoms with Gasteiger partial charge in [-0.3, -0.25) is 14.3 Å². The number of aliphatic carboxylic acids is 1. The standard InChI is InChI=1S/C29H33N3O8S/c30-23(28(35)36)13-14-25(34)31-15-5-8-21-17-24(33)27(29(37)40-21)26(18-11-12-18)19-6-4-7-20(16-19)32-41(38,39)22-9-2-1-3-10-22/h1-4,6-7,9-10,16-18,23,26,32-33H,5,8,11-15,30H2,(H,31,34)(H,35,36)/t23-,26?/m0/s1. The van der Waals surface area contributed by atoms with E-state index in [-0.39, 0.29) is 59.6 Å². The Bertz CT molecular complexity index is 1550. The highest BCUT2D eigenvalue weighted by Crippen LogP contribution is 2.48. The third-order valence-corrected chi connectivity index (χ3v) is 8.29. The smallest absolute Gasteiger partial charge is 0.343 e.